The van der Waals surface area contributed by atoms with E-state index < -0.39 is 26.4 Å². The summed E-state index contributed by atoms with van der Waals surface area (Å²) in [5, 5.41) is 16.3. The molecule has 0 atom stereocenters. The van der Waals surface area contributed by atoms with E-state index in [1.54, 1.807) is 7.05 Å². The lowest BCUT2D eigenvalue weighted by Gasteiger charge is -2.07. The van der Waals surface area contributed by atoms with Crippen molar-refractivity contribution in [3.05, 3.63) is 33.9 Å². The van der Waals surface area contributed by atoms with E-state index in [1.807, 2.05) is 0 Å². The van der Waals surface area contributed by atoms with Gasteiger partial charge in [0.25, 0.3) is 11.6 Å². The number of hydrogen-bond acceptors (Lipinski definition) is 6. The van der Waals surface area contributed by atoms with Crippen LogP contribution in [0.1, 0.15) is 16.8 Å². The van der Waals surface area contributed by atoms with E-state index in [-0.39, 0.29) is 10.5 Å². The molecule has 0 aliphatic rings. The number of nitrogens with zero attached hydrogens (tertiary/aromatic N) is 1. The van der Waals surface area contributed by atoms with Gasteiger partial charge in [-0.15, -0.1) is 0 Å². The maximum atomic E-state index is 11.9. The average Bonchev–Trinajstić information content (AvgIpc) is 2.41. The maximum Gasteiger partial charge on any atom is 0.271 e. The molecule has 0 aromatic heterocycles. The number of nitrogens with one attached hydrogen (secondary N) is 2. The number of nitro benzene ring substituents is 1. The molecule has 116 valence electrons. The molecule has 2 N–H and O–H groups in total. The van der Waals surface area contributed by atoms with Crippen LogP contribution < -0.4 is 10.6 Å². The summed E-state index contributed by atoms with van der Waals surface area (Å²) in [6, 6.07) is 3.13. The molecule has 0 aliphatic carbocycles. The van der Waals surface area contributed by atoms with Gasteiger partial charge in [0.1, 0.15) is 0 Å². The zero-order valence-electron chi connectivity index (χ0n) is 11.8. The van der Waals surface area contributed by atoms with Crippen molar-refractivity contribution in [2.45, 2.75) is 11.3 Å². The second kappa shape index (κ2) is 7.14. The summed E-state index contributed by atoms with van der Waals surface area (Å²) in [7, 11) is -1.86. The fraction of sp³-hybridized carbons (Fsp3) is 0.417. The minimum absolute atomic E-state index is 0.0471. The quantitative estimate of drug-likeness (QED) is 0.425. The number of nitro groups is 1. The monoisotopic (exact) mass is 315 g/mol. The third kappa shape index (κ3) is 5.12. The number of benzene rings is 1. The van der Waals surface area contributed by atoms with Gasteiger partial charge in [-0.2, -0.15) is 0 Å². The number of hydrogen-bond donors (Lipinski definition) is 2. The van der Waals surface area contributed by atoms with Gasteiger partial charge in [-0.25, -0.2) is 8.42 Å². The smallest absolute Gasteiger partial charge is 0.271 e. The maximum absolute atomic E-state index is 11.9. The van der Waals surface area contributed by atoms with E-state index in [0.29, 0.717) is 19.5 Å². The minimum atomic E-state index is -3.64. The van der Waals surface area contributed by atoms with Gasteiger partial charge < -0.3 is 10.6 Å². The lowest BCUT2D eigenvalue weighted by Crippen LogP contribution is -2.26. The second-order valence-electron chi connectivity index (χ2n) is 4.46. The Kier molecular flexibility index (Phi) is 5.79. The summed E-state index contributed by atoms with van der Waals surface area (Å²) in [5.41, 5.74) is -0.479. The van der Waals surface area contributed by atoms with Gasteiger partial charge >= 0.3 is 0 Å². The van der Waals surface area contributed by atoms with Crippen molar-refractivity contribution >= 4 is 21.4 Å². The van der Waals surface area contributed by atoms with Crippen molar-refractivity contribution in [3.8, 4) is 0 Å². The summed E-state index contributed by atoms with van der Waals surface area (Å²) in [4.78, 5) is 21.8. The van der Waals surface area contributed by atoms with Gasteiger partial charge in [-0.3, -0.25) is 14.9 Å². The third-order valence-electron chi connectivity index (χ3n) is 2.68. The number of rotatable bonds is 7. The van der Waals surface area contributed by atoms with Crippen LogP contribution >= 0.6 is 0 Å². The Labute approximate surface area is 122 Å². The van der Waals surface area contributed by atoms with E-state index in [9.17, 15) is 23.3 Å². The number of carbonyl (C=O) groups is 1. The topological polar surface area (TPSA) is 118 Å². The highest BCUT2D eigenvalue weighted by atomic mass is 32.2. The number of amides is 1. The first kappa shape index (κ1) is 17.1. The van der Waals surface area contributed by atoms with E-state index >= 15 is 0 Å². The van der Waals surface area contributed by atoms with Crippen molar-refractivity contribution in [3.63, 3.8) is 0 Å². The first-order valence-electron chi connectivity index (χ1n) is 6.18. The molecule has 1 amide bonds. The van der Waals surface area contributed by atoms with E-state index in [1.165, 1.54) is 0 Å². The van der Waals surface area contributed by atoms with Crippen molar-refractivity contribution in [2.75, 3.05) is 26.4 Å². The Morgan fingerprint density at radius 1 is 1.29 bits per heavy atom. The van der Waals surface area contributed by atoms with Crippen LogP contribution in [0, 0.1) is 10.1 Å². The van der Waals surface area contributed by atoms with Crippen LogP contribution in [-0.2, 0) is 9.84 Å². The summed E-state index contributed by atoms with van der Waals surface area (Å²) < 4.78 is 23.0. The molecular weight excluding hydrogens is 298 g/mol. The molecule has 0 saturated carbocycles. The average molecular weight is 315 g/mol. The molecule has 0 bridgehead atoms. The van der Waals surface area contributed by atoms with Crippen LogP contribution in [0.4, 0.5) is 5.69 Å². The van der Waals surface area contributed by atoms with Crippen molar-refractivity contribution in [1.29, 1.82) is 0 Å². The lowest BCUT2D eigenvalue weighted by molar-refractivity contribution is -0.385. The molecule has 0 heterocycles. The van der Waals surface area contributed by atoms with Crippen molar-refractivity contribution in [2.24, 2.45) is 0 Å². The number of sulfone groups is 1. The molecular formula is C12H17N3O5S. The normalized spacial score (nSPS) is 11.1. The number of carbonyl (C=O) groups excluding carboxylic acids is 1. The van der Waals surface area contributed by atoms with Crippen LogP contribution in [0.5, 0.6) is 0 Å². The highest BCUT2D eigenvalue weighted by Crippen LogP contribution is 2.20. The highest BCUT2D eigenvalue weighted by molar-refractivity contribution is 7.90. The van der Waals surface area contributed by atoms with Gasteiger partial charge in [0.15, 0.2) is 9.84 Å². The van der Waals surface area contributed by atoms with Crippen molar-refractivity contribution in [1.82, 2.24) is 10.6 Å². The zero-order chi connectivity index (χ0) is 16.0. The summed E-state index contributed by atoms with van der Waals surface area (Å²) in [5.74, 6) is -0.542. The Hall–Kier alpha value is -2.00. The largest absolute Gasteiger partial charge is 0.352 e. The fourth-order valence-corrected chi connectivity index (χ4v) is 2.28. The van der Waals surface area contributed by atoms with Gasteiger partial charge in [-0.05, 0) is 26.1 Å². The molecule has 0 unspecified atom stereocenters. The predicted octanol–water partition coefficient (Wildman–Crippen LogP) is 0.338. The van der Waals surface area contributed by atoms with Crippen LogP contribution in [0.15, 0.2) is 23.1 Å². The molecule has 1 rings (SSSR count). The van der Waals surface area contributed by atoms with E-state index in [2.05, 4.69) is 10.6 Å². The molecule has 0 aliphatic heterocycles. The summed E-state index contributed by atoms with van der Waals surface area (Å²) in [6.07, 6.45) is 1.62. The standard InChI is InChI=1S/C12H17N3O5S/c1-13-4-3-5-14-12(16)9-6-10(15(17)18)8-11(7-9)21(2,19)20/h6-8,13H,3-5H2,1-2H3,(H,14,16). The van der Waals surface area contributed by atoms with Crippen LogP contribution in [-0.4, -0.2) is 45.6 Å². The Morgan fingerprint density at radius 3 is 2.48 bits per heavy atom. The number of non-ortho nitro benzene ring substituents is 1. The minimum Gasteiger partial charge on any atom is -0.352 e. The molecule has 0 spiro atoms. The third-order valence-corrected chi connectivity index (χ3v) is 3.77. The molecule has 0 radical (unpaired) electrons. The Bertz CT molecular complexity index is 642. The van der Waals surface area contributed by atoms with E-state index in [4.69, 9.17) is 0 Å². The molecule has 9 heteroatoms. The first-order chi connectivity index (χ1) is 9.75. The van der Waals surface area contributed by atoms with Crippen LogP contribution in [0.25, 0.3) is 0 Å². The summed E-state index contributed by atoms with van der Waals surface area (Å²) in [6.45, 7) is 1.10. The van der Waals surface area contributed by atoms with Gasteiger partial charge in [0.05, 0.1) is 9.82 Å². The molecule has 21 heavy (non-hydrogen) atoms. The van der Waals surface area contributed by atoms with E-state index in [0.717, 1.165) is 24.5 Å². The van der Waals surface area contributed by atoms with Crippen molar-refractivity contribution < 1.29 is 18.1 Å². The predicted molar refractivity (Wildman–Crippen MR) is 77.1 cm³/mol. The SMILES string of the molecule is CNCCCNC(=O)c1cc([N+](=O)[O-])cc(S(C)(=O)=O)c1. The second-order valence-corrected chi connectivity index (χ2v) is 6.47. The van der Waals surface area contributed by atoms with Crippen LogP contribution in [0.2, 0.25) is 0 Å². The molecule has 1 aromatic carbocycles. The lowest BCUT2D eigenvalue weighted by atomic mass is 10.2. The molecule has 0 fully saturated rings. The zero-order valence-corrected chi connectivity index (χ0v) is 12.6. The van der Waals surface area contributed by atoms with Crippen LogP contribution in [0.3, 0.4) is 0 Å². The molecule has 1 aromatic rings. The summed E-state index contributed by atoms with van der Waals surface area (Å²) >= 11 is 0. The van der Waals surface area contributed by atoms with Gasteiger partial charge in [-0.1, -0.05) is 0 Å². The fourth-order valence-electron chi connectivity index (χ4n) is 1.60. The molecule has 0 saturated heterocycles. The van der Waals surface area contributed by atoms with Gasteiger partial charge in [0, 0.05) is 30.5 Å². The molecule has 8 nitrogen and oxygen atoms in total. The van der Waals surface area contributed by atoms with Gasteiger partial charge in [0.2, 0.25) is 0 Å². The Balaban J connectivity index is 3.03. The highest BCUT2D eigenvalue weighted by Gasteiger charge is 2.18. The first-order valence-corrected chi connectivity index (χ1v) is 8.07. The Morgan fingerprint density at radius 2 is 1.95 bits per heavy atom.